The summed E-state index contributed by atoms with van der Waals surface area (Å²) >= 11 is 0. The molecule has 4 atom stereocenters. The number of nitrogens with two attached hydrogens (primary N) is 1. The van der Waals surface area contributed by atoms with Crippen LogP contribution in [0.1, 0.15) is 16.7 Å². The first-order chi connectivity index (χ1) is 20.5. The van der Waals surface area contributed by atoms with Gasteiger partial charge < -0.3 is 34.9 Å². The van der Waals surface area contributed by atoms with Crippen LogP contribution in [-0.2, 0) is 15.1 Å². The molecule has 0 aliphatic carbocycles. The van der Waals surface area contributed by atoms with Gasteiger partial charge in [-0.15, -0.1) is 0 Å². The maximum Gasteiger partial charge on any atom is 0.177 e. The van der Waals surface area contributed by atoms with Crippen LogP contribution in [0.2, 0.25) is 0 Å². The molecule has 1 aliphatic heterocycles. The molecule has 5 rings (SSSR count). The number of benzene rings is 3. The quantitative estimate of drug-likeness (QED) is 0.183. The van der Waals surface area contributed by atoms with Gasteiger partial charge in [-0.3, -0.25) is 4.99 Å². The Morgan fingerprint density at radius 1 is 0.929 bits per heavy atom. The molecule has 1 fully saturated rings. The van der Waals surface area contributed by atoms with Crippen LogP contribution in [0.5, 0.6) is 11.5 Å². The van der Waals surface area contributed by atoms with Gasteiger partial charge >= 0.3 is 0 Å². The Balaban J connectivity index is 1.46. The number of allylic oxidation sites excluding steroid dienone is 1. The molecule has 11 nitrogen and oxygen atoms in total. The number of aromatic nitrogens is 3. The minimum atomic E-state index is -1.27. The Morgan fingerprint density at radius 2 is 1.52 bits per heavy atom. The summed E-state index contributed by atoms with van der Waals surface area (Å²) in [6.07, 6.45) is 1.27. The van der Waals surface area contributed by atoms with Crippen molar-refractivity contribution < 1.29 is 29.2 Å². The van der Waals surface area contributed by atoms with E-state index in [4.69, 9.17) is 24.7 Å². The first-order valence-electron chi connectivity index (χ1n) is 13.3. The van der Waals surface area contributed by atoms with E-state index >= 15 is 0 Å². The van der Waals surface area contributed by atoms with Gasteiger partial charge in [0.05, 0.1) is 20.8 Å². The Morgan fingerprint density at radius 3 is 2.07 bits per heavy atom. The van der Waals surface area contributed by atoms with E-state index in [0.717, 1.165) is 16.7 Å². The lowest BCUT2D eigenvalue weighted by Crippen LogP contribution is -2.39. The predicted molar refractivity (Wildman–Crippen MR) is 156 cm³/mol. The largest absolute Gasteiger partial charge is 0.497 e. The molecule has 1 aliphatic rings. The zero-order valence-corrected chi connectivity index (χ0v) is 23.2. The summed E-state index contributed by atoms with van der Waals surface area (Å²) in [6.45, 7) is -0.0614. The van der Waals surface area contributed by atoms with E-state index in [9.17, 15) is 10.2 Å². The monoisotopic (exact) mass is 571 g/mol. The summed E-state index contributed by atoms with van der Waals surface area (Å²) in [7, 11) is 3.22. The molecule has 0 radical (unpaired) electrons. The van der Waals surface area contributed by atoms with E-state index in [0.29, 0.717) is 11.5 Å². The Hall–Kier alpha value is -4.55. The second kappa shape index (κ2) is 13.0. The third kappa shape index (κ3) is 5.90. The lowest BCUT2D eigenvalue weighted by molar-refractivity contribution is -0.0811. The molecule has 1 saturated heterocycles. The van der Waals surface area contributed by atoms with Crippen LogP contribution in [0, 0.1) is 0 Å². The van der Waals surface area contributed by atoms with Gasteiger partial charge in [0.2, 0.25) is 0 Å². The fourth-order valence-corrected chi connectivity index (χ4v) is 4.89. The average molecular weight is 572 g/mol. The van der Waals surface area contributed by atoms with Crippen LogP contribution in [-0.4, -0.2) is 76.6 Å². The van der Waals surface area contributed by atoms with Crippen molar-refractivity contribution in [1.29, 1.82) is 0 Å². The zero-order chi connectivity index (χ0) is 29.5. The molecule has 4 aromatic rings. The van der Waals surface area contributed by atoms with E-state index in [1.807, 2.05) is 78.9 Å². The van der Waals surface area contributed by atoms with Crippen molar-refractivity contribution in [2.24, 2.45) is 10.7 Å². The lowest BCUT2D eigenvalue weighted by Gasteiger charge is -2.37. The molecule has 2 unspecified atom stereocenters. The molecule has 3 aromatic carbocycles. The SMILES string of the molecule is COc1ccc(C(OC[C@H]2O[C@@H](/N=C/C=C(\N)n3cncn3)C(O)C2O)(c2ccccc2)c2ccc(OC)cc2)cc1. The van der Waals surface area contributed by atoms with Gasteiger partial charge in [0.25, 0.3) is 0 Å². The van der Waals surface area contributed by atoms with Crippen LogP contribution >= 0.6 is 0 Å². The molecule has 2 heterocycles. The molecule has 0 bridgehead atoms. The zero-order valence-electron chi connectivity index (χ0n) is 23.2. The lowest BCUT2D eigenvalue weighted by atomic mass is 9.80. The van der Waals surface area contributed by atoms with Crippen LogP contribution in [0.4, 0.5) is 0 Å². The van der Waals surface area contributed by atoms with Crippen molar-refractivity contribution in [3.8, 4) is 11.5 Å². The number of aliphatic imine (C=N–C) groups is 1. The minimum absolute atomic E-state index is 0.0614. The van der Waals surface area contributed by atoms with Gasteiger partial charge in [-0.25, -0.2) is 9.67 Å². The number of hydrogen-bond donors (Lipinski definition) is 3. The standard InChI is InChI=1S/C31H33N5O6/c1-39-24-12-8-22(9-13-24)31(21-6-4-3-5-7-21,23-10-14-25(40-2)15-11-23)41-18-26-28(37)29(38)30(42-26)34-17-16-27(32)36-20-33-19-35-36/h3-17,19-20,26,28-30,37-38H,18,32H2,1-2H3/b27-16+,34-17+/t26-,28?,29?,30-/m1/s1. The van der Waals surface area contributed by atoms with Gasteiger partial charge in [-0.05, 0) is 47.0 Å². The van der Waals surface area contributed by atoms with Crippen molar-refractivity contribution in [2.45, 2.75) is 30.1 Å². The third-order valence-electron chi connectivity index (χ3n) is 7.14. The molecule has 1 aromatic heterocycles. The Kier molecular flexibility index (Phi) is 8.94. The van der Waals surface area contributed by atoms with E-state index in [-0.39, 0.29) is 12.4 Å². The summed E-state index contributed by atoms with van der Waals surface area (Å²) < 4.78 is 24.9. The smallest absolute Gasteiger partial charge is 0.177 e. The fraction of sp³-hybridized carbons (Fsp3) is 0.258. The van der Waals surface area contributed by atoms with Crippen molar-refractivity contribution in [1.82, 2.24) is 14.8 Å². The molecule has 218 valence electrons. The van der Waals surface area contributed by atoms with E-state index in [2.05, 4.69) is 15.1 Å². The molecular weight excluding hydrogens is 538 g/mol. The maximum absolute atomic E-state index is 10.9. The first-order valence-corrected chi connectivity index (χ1v) is 13.3. The number of rotatable bonds is 11. The topological polar surface area (TPSA) is 146 Å². The Labute approximate surface area is 243 Å². The summed E-state index contributed by atoms with van der Waals surface area (Å²) in [4.78, 5) is 8.10. The van der Waals surface area contributed by atoms with Crippen LogP contribution < -0.4 is 15.2 Å². The number of nitrogens with zero attached hydrogens (tertiary/aromatic N) is 4. The van der Waals surface area contributed by atoms with Gasteiger partial charge in [-0.2, -0.15) is 5.10 Å². The number of hydrogen-bond acceptors (Lipinski definition) is 10. The van der Waals surface area contributed by atoms with Crippen LogP contribution in [0.3, 0.4) is 0 Å². The molecule has 0 saturated carbocycles. The highest BCUT2D eigenvalue weighted by Gasteiger charge is 2.45. The Bertz CT molecular complexity index is 1430. The molecule has 0 amide bonds. The third-order valence-corrected chi connectivity index (χ3v) is 7.14. The first kappa shape index (κ1) is 29.0. The molecule has 42 heavy (non-hydrogen) atoms. The van der Waals surface area contributed by atoms with E-state index in [1.165, 1.54) is 29.6 Å². The van der Waals surface area contributed by atoms with Gasteiger partial charge in [0, 0.05) is 6.21 Å². The van der Waals surface area contributed by atoms with Gasteiger partial charge in [0.1, 0.15) is 53.9 Å². The number of ether oxygens (including phenoxy) is 4. The highest BCUT2D eigenvalue weighted by molar-refractivity contribution is 5.78. The highest BCUT2D eigenvalue weighted by atomic mass is 16.6. The second-order valence-corrected chi connectivity index (χ2v) is 9.59. The van der Waals surface area contributed by atoms with Crippen molar-refractivity contribution >= 4 is 12.0 Å². The maximum atomic E-state index is 10.9. The number of aliphatic hydroxyl groups excluding tert-OH is 2. The van der Waals surface area contributed by atoms with Gasteiger partial charge in [-0.1, -0.05) is 54.6 Å². The molecule has 11 heteroatoms. The molecule has 4 N–H and O–H groups in total. The fourth-order valence-electron chi connectivity index (χ4n) is 4.89. The average Bonchev–Trinajstić information content (AvgIpc) is 3.68. The minimum Gasteiger partial charge on any atom is -0.497 e. The van der Waals surface area contributed by atoms with Crippen molar-refractivity contribution in [3.63, 3.8) is 0 Å². The summed E-state index contributed by atoms with van der Waals surface area (Å²) in [5, 5.41) is 25.6. The van der Waals surface area contributed by atoms with Crippen molar-refractivity contribution in [3.05, 3.63) is 114 Å². The molecular formula is C31H33N5O6. The summed E-state index contributed by atoms with van der Waals surface area (Å²) in [5.41, 5.74) is 7.36. The highest BCUT2D eigenvalue weighted by Crippen LogP contribution is 2.42. The number of methoxy groups -OCH3 is 2. The summed E-state index contributed by atoms with van der Waals surface area (Å²) in [5.74, 6) is 1.68. The van der Waals surface area contributed by atoms with Crippen LogP contribution in [0.15, 0.2) is 103 Å². The second-order valence-electron chi connectivity index (χ2n) is 9.59. The van der Waals surface area contributed by atoms with Crippen molar-refractivity contribution in [2.75, 3.05) is 20.8 Å². The van der Waals surface area contributed by atoms with Gasteiger partial charge in [0.15, 0.2) is 6.23 Å². The molecule has 0 spiro atoms. The number of aliphatic hydroxyl groups is 2. The van der Waals surface area contributed by atoms with Crippen LogP contribution in [0.25, 0.3) is 5.82 Å². The normalized spacial score (nSPS) is 21.1. The predicted octanol–water partition coefficient (Wildman–Crippen LogP) is 2.58. The van der Waals surface area contributed by atoms with E-state index < -0.39 is 30.1 Å². The summed E-state index contributed by atoms with van der Waals surface area (Å²) in [6, 6.07) is 25.0. The van der Waals surface area contributed by atoms with E-state index in [1.54, 1.807) is 14.2 Å².